The van der Waals surface area contributed by atoms with Gasteiger partial charge in [-0.15, -0.1) is 0 Å². The maximum absolute atomic E-state index is 12.0. The largest absolute Gasteiger partial charge is 0.367 e. The van der Waals surface area contributed by atoms with Gasteiger partial charge >= 0.3 is 0 Å². The molecule has 0 bridgehead atoms. The van der Waals surface area contributed by atoms with Gasteiger partial charge in [-0.1, -0.05) is 13.8 Å². The van der Waals surface area contributed by atoms with Gasteiger partial charge in [-0.25, -0.2) is 0 Å². The number of carbonyl (C=O) groups excluding carboxylic acids is 2. The highest BCUT2D eigenvalue weighted by atomic mass is 16.5. The molecule has 1 heterocycles. The molecule has 98 valence electrons. The minimum Gasteiger partial charge on any atom is -0.367 e. The summed E-state index contributed by atoms with van der Waals surface area (Å²) in [5.41, 5.74) is 11.0. The molecule has 0 aromatic carbocycles. The van der Waals surface area contributed by atoms with Gasteiger partial charge in [0.15, 0.2) is 6.10 Å². The molecule has 1 fully saturated rings. The summed E-state index contributed by atoms with van der Waals surface area (Å²) in [5, 5.41) is 0. The highest BCUT2D eigenvalue weighted by molar-refractivity contribution is 5.84. The van der Waals surface area contributed by atoms with Crippen molar-refractivity contribution < 1.29 is 14.3 Å². The average Bonchev–Trinajstić information content (AvgIpc) is 2.27. The molecule has 1 saturated heterocycles. The number of hydrogen-bond acceptors (Lipinski definition) is 4. The lowest BCUT2D eigenvalue weighted by molar-refractivity contribution is -0.146. The third kappa shape index (κ3) is 3.98. The average molecular weight is 243 g/mol. The van der Waals surface area contributed by atoms with Crippen molar-refractivity contribution in [2.45, 2.75) is 32.4 Å². The molecule has 0 saturated carbocycles. The molecule has 0 spiro atoms. The van der Waals surface area contributed by atoms with Gasteiger partial charge in [0.05, 0.1) is 19.2 Å². The topological polar surface area (TPSA) is 98.7 Å². The van der Waals surface area contributed by atoms with Crippen molar-refractivity contribution in [3.05, 3.63) is 0 Å². The monoisotopic (exact) mass is 243 g/mol. The molecule has 0 aliphatic carbocycles. The van der Waals surface area contributed by atoms with Crippen LogP contribution in [0.25, 0.3) is 0 Å². The van der Waals surface area contributed by atoms with Crippen molar-refractivity contribution in [1.29, 1.82) is 0 Å². The van der Waals surface area contributed by atoms with Crippen LogP contribution in [-0.4, -0.2) is 48.6 Å². The summed E-state index contributed by atoms with van der Waals surface area (Å²) in [6.07, 6.45) is -0.0730. The molecule has 17 heavy (non-hydrogen) atoms. The summed E-state index contributed by atoms with van der Waals surface area (Å²) in [4.78, 5) is 24.6. The molecule has 2 amide bonds. The number of nitrogens with two attached hydrogens (primary N) is 2. The van der Waals surface area contributed by atoms with Gasteiger partial charge in [-0.3, -0.25) is 9.59 Å². The van der Waals surface area contributed by atoms with Crippen LogP contribution < -0.4 is 11.5 Å². The molecule has 0 radical (unpaired) electrons. The fourth-order valence-electron chi connectivity index (χ4n) is 1.86. The lowest BCUT2D eigenvalue weighted by Gasteiger charge is -2.33. The van der Waals surface area contributed by atoms with E-state index in [1.54, 1.807) is 4.90 Å². The number of morpholine rings is 1. The first kappa shape index (κ1) is 13.9. The predicted molar refractivity (Wildman–Crippen MR) is 62.9 cm³/mol. The van der Waals surface area contributed by atoms with Crippen LogP contribution in [0.2, 0.25) is 0 Å². The summed E-state index contributed by atoms with van der Waals surface area (Å²) in [5.74, 6) is -0.310. The molecule has 1 unspecified atom stereocenters. The Balaban J connectivity index is 2.54. The third-order valence-electron chi connectivity index (χ3n) is 2.74. The summed E-state index contributed by atoms with van der Waals surface area (Å²) in [6.45, 7) is 5.03. The summed E-state index contributed by atoms with van der Waals surface area (Å²) >= 11 is 0. The molecule has 4 N–H and O–H groups in total. The van der Waals surface area contributed by atoms with Crippen LogP contribution in [0, 0.1) is 5.92 Å². The van der Waals surface area contributed by atoms with Crippen molar-refractivity contribution in [2.75, 3.05) is 19.7 Å². The lowest BCUT2D eigenvalue weighted by Crippen LogP contribution is -2.54. The van der Waals surface area contributed by atoms with E-state index in [2.05, 4.69) is 0 Å². The maximum atomic E-state index is 12.0. The Labute approximate surface area is 101 Å². The van der Waals surface area contributed by atoms with E-state index in [-0.39, 0.29) is 12.5 Å². The van der Waals surface area contributed by atoms with Gasteiger partial charge in [-0.05, 0) is 12.3 Å². The standard InChI is InChI=1S/C11H21N3O3/c1-7(2)5-8(12)11(16)14-3-4-17-9(6-14)10(13)15/h7-9H,3-6,12H2,1-2H3,(H2,13,15)/t8-,9?/m0/s1. The van der Waals surface area contributed by atoms with Crippen molar-refractivity contribution >= 4 is 11.8 Å². The normalized spacial score (nSPS) is 22.6. The predicted octanol–water partition coefficient (Wildman–Crippen LogP) is -0.927. The molecule has 6 heteroatoms. The Morgan fingerprint density at radius 2 is 2.12 bits per heavy atom. The van der Waals surface area contributed by atoms with Crippen LogP contribution in [0.3, 0.4) is 0 Å². The highest BCUT2D eigenvalue weighted by Crippen LogP contribution is 2.10. The molecular formula is C11H21N3O3. The first-order valence-corrected chi connectivity index (χ1v) is 5.87. The Bertz CT molecular complexity index is 294. The molecule has 0 aromatic rings. The van der Waals surface area contributed by atoms with Gasteiger partial charge in [0.2, 0.25) is 11.8 Å². The van der Waals surface area contributed by atoms with E-state index in [0.717, 1.165) is 0 Å². The smallest absolute Gasteiger partial charge is 0.248 e. The zero-order valence-electron chi connectivity index (χ0n) is 10.4. The van der Waals surface area contributed by atoms with Crippen molar-refractivity contribution in [3.63, 3.8) is 0 Å². The minimum absolute atomic E-state index is 0.131. The Morgan fingerprint density at radius 1 is 1.47 bits per heavy atom. The molecule has 1 rings (SSSR count). The number of amides is 2. The van der Waals surface area contributed by atoms with E-state index in [9.17, 15) is 9.59 Å². The van der Waals surface area contributed by atoms with Gasteiger partial charge in [0.1, 0.15) is 0 Å². The number of carbonyl (C=O) groups is 2. The van der Waals surface area contributed by atoms with Crippen molar-refractivity contribution in [2.24, 2.45) is 17.4 Å². The third-order valence-corrected chi connectivity index (χ3v) is 2.74. The van der Waals surface area contributed by atoms with Crippen molar-refractivity contribution in [1.82, 2.24) is 4.90 Å². The fourth-order valence-corrected chi connectivity index (χ4v) is 1.86. The molecule has 6 nitrogen and oxygen atoms in total. The number of hydrogen-bond donors (Lipinski definition) is 2. The van der Waals surface area contributed by atoms with Crippen LogP contribution in [0.5, 0.6) is 0 Å². The number of primary amides is 1. The number of ether oxygens (including phenoxy) is 1. The fraction of sp³-hybridized carbons (Fsp3) is 0.818. The van der Waals surface area contributed by atoms with E-state index < -0.39 is 18.1 Å². The molecule has 0 aromatic heterocycles. The van der Waals surface area contributed by atoms with Crippen LogP contribution in [-0.2, 0) is 14.3 Å². The SMILES string of the molecule is CC(C)C[C@H](N)C(=O)N1CCOC(C(N)=O)C1. The molecule has 2 atom stereocenters. The number of nitrogens with zero attached hydrogens (tertiary/aromatic N) is 1. The zero-order chi connectivity index (χ0) is 13.0. The van der Waals surface area contributed by atoms with E-state index >= 15 is 0 Å². The van der Waals surface area contributed by atoms with E-state index in [1.807, 2.05) is 13.8 Å². The highest BCUT2D eigenvalue weighted by Gasteiger charge is 2.30. The molecule has 1 aliphatic heterocycles. The van der Waals surface area contributed by atoms with Crippen LogP contribution in [0.1, 0.15) is 20.3 Å². The van der Waals surface area contributed by atoms with Gasteiger partial charge in [-0.2, -0.15) is 0 Å². The Morgan fingerprint density at radius 3 is 2.65 bits per heavy atom. The summed E-state index contributed by atoms with van der Waals surface area (Å²) < 4.78 is 5.17. The Hall–Kier alpha value is -1.14. The second-order valence-corrected chi connectivity index (χ2v) is 4.78. The summed E-state index contributed by atoms with van der Waals surface area (Å²) in [6, 6.07) is -0.512. The quantitative estimate of drug-likeness (QED) is 0.666. The molecular weight excluding hydrogens is 222 g/mol. The van der Waals surface area contributed by atoms with Gasteiger partial charge < -0.3 is 21.1 Å². The van der Waals surface area contributed by atoms with Crippen LogP contribution in [0.15, 0.2) is 0 Å². The van der Waals surface area contributed by atoms with E-state index in [1.165, 1.54) is 0 Å². The second-order valence-electron chi connectivity index (χ2n) is 4.78. The first-order valence-electron chi connectivity index (χ1n) is 5.87. The minimum atomic E-state index is -0.709. The van der Waals surface area contributed by atoms with Crippen molar-refractivity contribution in [3.8, 4) is 0 Å². The number of rotatable bonds is 4. The van der Waals surface area contributed by atoms with Gasteiger partial charge in [0, 0.05) is 6.54 Å². The van der Waals surface area contributed by atoms with Crippen LogP contribution in [0.4, 0.5) is 0 Å². The van der Waals surface area contributed by atoms with E-state index in [0.29, 0.717) is 25.5 Å². The molecule has 1 aliphatic rings. The maximum Gasteiger partial charge on any atom is 0.248 e. The van der Waals surface area contributed by atoms with Gasteiger partial charge in [0.25, 0.3) is 0 Å². The second kappa shape index (κ2) is 5.97. The summed E-state index contributed by atoms with van der Waals surface area (Å²) in [7, 11) is 0. The van der Waals surface area contributed by atoms with Crippen LogP contribution >= 0.6 is 0 Å². The first-order chi connectivity index (χ1) is 7.91. The zero-order valence-corrected chi connectivity index (χ0v) is 10.4. The van der Waals surface area contributed by atoms with E-state index in [4.69, 9.17) is 16.2 Å². The lowest BCUT2D eigenvalue weighted by atomic mass is 10.0. The Kier molecular flexibility index (Phi) is 4.89.